The summed E-state index contributed by atoms with van der Waals surface area (Å²) in [6.07, 6.45) is 6.01. The standard InChI is InChI=1S/C20H19N7/c1-27(14-5-4-10-21-12-14)20-22-16-7-3-2-6-15(16)19(24-20)23-18-11-17(25-26-18)13-8-9-13/h2-7,10-13H,8-9H2,1H3,(H2,22,23,24,25,26). The largest absolute Gasteiger partial charge is 0.323 e. The maximum atomic E-state index is 4.76. The van der Waals surface area contributed by atoms with E-state index in [1.54, 1.807) is 12.4 Å². The maximum absolute atomic E-state index is 4.76. The number of aromatic amines is 1. The van der Waals surface area contributed by atoms with Crippen molar-refractivity contribution < 1.29 is 0 Å². The molecule has 4 aromatic rings. The lowest BCUT2D eigenvalue weighted by Crippen LogP contribution is -2.14. The summed E-state index contributed by atoms with van der Waals surface area (Å²) < 4.78 is 0. The lowest BCUT2D eigenvalue weighted by Gasteiger charge is -2.18. The Morgan fingerprint density at radius 3 is 2.81 bits per heavy atom. The van der Waals surface area contributed by atoms with Gasteiger partial charge in [0.15, 0.2) is 5.82 Å². The van der Waals surface area contributed by atoms with Crippen molar-refractivity contribution >= 4 is 34.2 Å². The van der Waals surface area contributed by atoms with Gasteiger partial charge in [0.05, 0.1) is 17.4 Å². The zero-order chi connectivity index (χ0) is 18.2. The van der Waals surface area contributed by atoms with Gasteiger partial charge in [-0.1, -0.05) is 12.1 Å². The first-order chi connectivity index (χ1) is 13.3. The summed E-state index contributed by atoms with van der Waals surface area (Å²) in [5.74, 6) is 2.74. The third kappa shape index (κ3) is 3.08. The molecule has 1 aliphatic rings. The number of nitrogens with zero attached hydrogens (tertiary/aromatic N) is 5. The molecule has 0 aliphatic heterocycles. The van der Waals surface area contributed by atoms with Crippen LogP contribution in [-0.4, -0.2) is 32.2 Å². The average Bonchev–Trinajstić information content (AvgIpc) is 3.47. The Balaban J connectivity index is 1.55. The van der Waals surface area contributed by atoms with Crippen LogP contribution in [0.1, 0.15) is 24.5 Å². The quantitative estimate of drug-likeness (QED) is 0.559. The summed E-state index contributed by atoms with van der Waals surface area (Å²) in [6, 6.07) is 13.9. The topological polar surface area (TPSA) is 82.6 Å². The van der Waals surface area contributed by atoms with Gasteiger partial charge in [0.2, 0.25) is 5.95 Å². The zero-order valence-electron chi connectivity index (χ0n) is 14.9. The molecule has 1 aliphatic carbocycles. The van der Waals surface area contributed by atoms with E-state index in [9.17, 15) is 0 Å². The molecule has 27 heavy (non-hydrogen) atoms. The number of pyridine rings is 1. The van der Waals surface area contributed by atoms with Gasteiger partial charge in [0.25, 0.3) is 0 Å². The summed E-state index contributed by atoms with van der Waals surface area (Å²) in [5, 5.41) is 11.8. The van der Waals surface area contributed by atoms with E-state index in [1.807, 2.05) is 48.3 Å². The number of H-pyrrole nitrogens is 1. The second-order valence-corrected chi connectivity index (χ2v) is 6.77. The predicted molar refractivity (Wildman–Crippen MR) is 106 cm³/mol. The van der Waals surface area contributed by atoms with Crippen molar-refractivity contribution in [1.29, 1.82) is 0 Å². The molecule has 7 heteroatoms. The predicted octanol–water partition coefficient (Wildman–Crippen LogP) is 4.14. The van der Waals surface area contributed by atoms with Crippen molar-refractivity contribution in [2.75, 3.05) is 17.3 Å². The van der Waals surface area contributed by atoms with E-state index in [2.05, 4.69) is 26.6 Å². The van der Waals surface area contributed by atoms with Crippen LogP contribution in [0, 0.1) is 0 Å². The molecule has 0 unspecified atom stereocenters. The monoisotopic (exact) mass is 357 g/mol. The molecule has 0 spiro atoms. The normalized spacial score (nSPS) is 13.7. The van der Waals surface area contributed by atoms with Gasteiger partial charge in [-0.05, 0) is 37.1 Å². The summed E-state index contributed by atoms with van der Waals surface area (Å²) in [6.45, 7) is 0. The van der Waals surface area contributed by atoms with Crippen LogP contribution in [0.4, 0.5) is 23.3 Å². The smallest absolute Gasteiger partial charge is 0.232 e. The van der Waals surface area contributed by atoms with Crippen LogP contribution in [0.5, 0.6) is 0 Å². The molecule has 7 nitrogen and oxygen atoms in total. The van der Waals surface area contributed by atoms with Crippen LogP contribution >= 0.6 is 0 Å². The molecule has 0 amide bonds. The highest BCUT2D eigenvalue weighted by atomic mass is 15.3. The molecule has 0 bridgehead atoms. The fraction of sp³-hybridized carbons (Fsp3) is 0.200. The minimum absolute atomic E-state index is 0.599. The second-order valence-electron chi connectivity index (χ2n) is 6.77. The Kier molecular flexibility index (Phi) is 3.71. The van der Waals surface area contributed by atoms with Crippen molar-refractivity contribution in [3.63, 3.8) is 0 Å². The SMILES string of the molecule is CN(c1cccnc1)c1nc(Nc2cc(C3CC3)[nH]n2)c2ccccc2n1. The van der Waals surface area contributed by atoms with E-state index in [1.165, 1.54) is 18.5 Å². The third-order valence-corrected chi connectivity index (χ3v) is 4.79. The number of nitrogens with one attached hydrogen (secondary N) is 2. The highest BCUT2D eigenvalue weighted by molar-refractivity contribution is 5.91. The fourth-order valence-electron chi connectivity index (χ4n) is 3.10. The first-order valence-corrected chi connectivity index (χ1v) is 9.01. The first-order valence-electron chi connectivity index (χ1n) is 9.01. The van der Waals surface area contributed by atoms with Crippen molar-refractivity contribution in [3.05, 3.63) is 60.6 Å². The van der Waals surface area contributed by atoms with E-state index in [0.29, 0.717) is 11.9 Å². The van der Waals surface area contributed by atoms with E-state index in [0.717, 1.165) is 28.2 Å². The van der Waals surface area contributed by atoms with Gasteiger partial charge in [-0.15, -0.1) is 0 Å². The molecule has 1 fully saturated rings. The number of benzene rings is 1. The van der Waals surface area contributed by atoms with Gasteiger partial charge < -0.3 is 10.2 Å². The van der Waals surface area contributed by atoms with Gasteiger partial charge in [-0.3, -0.25) is 10.1 Å². The lowest BCUT2D eigenvalue weighted by molar-refractivity contribution is 0.966. The average molecular weight is 357 g/mol. The molecule has 3 aromatic heterocycles. The molecule has 0 radical (unpaired) electrons. The first kappa shape index (κ1) is 15.7. The van der Waals surface area contributed by atoms with Crippen LogP contribution in [0.25, 0.3) is 10.9 Å². The number of anilines is 4. The highest BCUT2D eigenvalue weighted by Gasteiger charge is 2.25. The second kappa shape index (κ2) is 6.35. The van der Waals surface area contributed by atoms with Gasteiger partial charge in [0.1, 0.15) is 5.82 Å². The lowest BCUT2D eigenvalue weighted by atomic mass is 10.2. The Morgan fingerprint density at radius 1 is 1.11 bits per heavy atom. The summed E-state index contributed by atoms with van der Waals surface area (Å²) in [7, 11) is 1.94. The molecule has 0 saturated heterocycles. The highest BCUT2D eigenvalue weighted by Crippen LogP contribution is 2.40. The van der Waals surface area contributed by atoms with Crippen LogP contribution in [0.3, 0.4) is 0 Å². The van der Waals surface area contributed by atoms with E-state index in [-0.39, 0.29) is 0 Å². The van der Waals surface area contributed by atoms with Crippen molar-refractivity contribution in [1.82, 2.24) is 25.1 Å². The molecule has 1 saturated carbocycles. The zero-order valence-corrected chi connectivity index (χ0v) is 14.9. The van der Waals surface area contributed by atoms with Gasteiger partial charge in [-0.25, -0.2) is 4.98 Å². The van der Waals surface area contributed by atoms with Crippen LogP contribution < -0.4 is 10.2 Å². The van der Waals surface area contributed by atoms with Gasteiger partial charge >= 0.3 is 0 Å². The molecule has 3 heterocycles. The Labute approximate surface area is 156 Å². The molecule has 134 valence electrons. The minimum Gasteiger partial charge on any atom is -0.323 e. The third-order valence-electron chi connectivity index (χ3n) is 4.79. The van der Waals surface area contributed by atoms with Crippen molar-refractivity contribution in [2.24, 2.45) is 0 Å². The van der Waals surface area contributed by atoms with E-state index < -0.39 is 0 Å². The maximum Gasteiger partial charge on any atom is 0.232 e. The fourth-order valence-corrected chi connectivity index (χ4v) is 3.10. The van der Waals surface area contributed by atoms with E-state index in [4.69, 9.17) is 9.97 Å². The van der Waals surface area contributed by atoms with Crippen molar-refractivity contribution in [3.8, 4) is 0 Å². The molecular formula is C20H19N7. The molecule has 0 atom stereocenters. The Bertz CT molecular complexity index is 1090. The van der Waals surface area contributed by atoms with E-state index >= 15 is 0 Å². The minimum atomic E-state index is 0.599. The molecule has 5 rings (SSSR count). The number of hydrogen-bond acceptors (Lipinski definition) is 6. The summed E-state index contributed by atoms with van der Waals surface area (Å²) in [5.41, 5.74) is 2.98. The van der Waals surface area contributed by atoms with Gasteiger partial charge in [-0.2, -0.15) is 10.1 Å². The van der Waals surface area contributed by atoms with Crippen LogP contribution in [-0.2, 0) is 0 Å². The van der Waals surface area contributed by atoms with Crippen LogP contribution in [0.2, 0.25) is 0 Å². The van der Waals surface area contributed by atoms with Gasteiger partial charge in [0, 0.05) is 36.3 Å². The number of para-hydroxylation sites is 1. The number of fused-ring (bicyclic) bond motifs is 1. The molecule has 1 aromatic carbocycles. The number of aromatic nitrogens is 5. The molecular weight excluding hydrogens is 338 g/mol. The number of hydrogen-bond donors (Lipinski definition) is 2. The summed E-state index contributed by atoms with van der Waals surface area (Å²) in [4.78, 5) is 15.6. The Hall–Kier alpha value is -3.48. The Morgan fingerprint density at radius 2 is 2.00 bits per heavy atom. The van der Waals surface area contributed by atoms with Crippen LogP contribution in [0.15, 0.2) is 54.9 Å². The number of rotatable bonds is 5. The summed E-state index contributed by atoms with van der Waals surface area (Å²) >= 11 is 0. The van der Waals surface area contributed by atoms with Crippen molar-refractivity contribution in [2.45, 2.75) is 18.8 Å². The molecule has 2 N–H and O–H groups in total.